The maximum absolute atomic E-state index is 12.0. The smallest absolute Gasteiger partial charge is 0.224 e. The summed E-state index contributed by atoms with van der Waals surface area (Å²) in [4.78, 5) is 12.0. The van der Waals surface area contributed by atoms with E-state index >= 15 is 0 Å². The van der Waals surface area contributed by atoms with Gasteiger partial charge in [-0.05, 0) is 44.0 Å². The lowest BCUT2D eigenvalue weighted by Gasteiger charge is -2.30. The van der Waals surface area contributed by atoms with Crippen molar-refractivity contribution in [1.29, 1.82) is 0 Å². The zero-order chi connectivity index (χ0) is 13.7. The average molecular weight is 262 g/mol. The molecule has 2 unspecified atom stereocenters. The SMILES string of the molecule is COc1ccc(CC(=O)NC2CCCNC2C)cc1. The highest BCUT2D eigenvalue weighted by molar-refractivity contribution is 5.79. The van der Waals surface area contributed by atoms with Gasteiger partial charge in [0.25, 0.3) is 0 Å². The molecule has 0 radical (unpaired) electrons. The number of rotatable bonds is 4. The third kappa shape index (κ3) is 3.96. The fourth-order valence-corrected chi connectivity index (χ4v) is 2.43. The van der Waals surface area contributed by atoms with Gasteiger partial charge in [0.15, 0.2) is 0 Å². The number of nitrogens with one attached hydrogen (secondary N) is 2. The van der Waals surface area contributed by atoms with E-state index in [1.807, 2.05) is 24.3 Å². The average Bonchev–Trinajstić information content (AvgIpc) is 2.42. The molecule has 1 heterocycles. The van der Waals surface area contributed by atoms with E-state index in [4.69, 9.17) is 4.74 Å². The number of hydrogen-bond acceptors (Lipinski definition) is 3. The molecule has 0 bridgehead atoms. The van der Waals surface area contributed by atoms with Crippen molar-refractivity contribution in [3.63, 3.8) is 0 Å². The van der Waals surface area contributed by atoms with Crippen LogP contribution in [0.2, 0.25) is 0 Å². The van der Waals surface area contributed by atoms with E-state index in [0.717, 1.165) is 30.7 Å². The second-order valence-electron chi connectivity index (χ2n) is 5.08. The van der Waals surface area contributed by atoms with Gasteiger partial charge in [-0.15, -0.1) is 0 Å². The highest BCUT2D eigenvalue weighted by atomic mass is 16.5. The monoisotopic (exact) mass is 262 g/mol. The number of benzene rings is 1. The minimum absolute atomic E-state index is 0.0886. The fourth-order valence-electron chi connectivity index (χ4n) is 2.43. The van der Waals surface area contributed by atoms with Crippen LogP contribution >= 0.6 is 0 Å². The Balaban J connectivity index is 1.86. The van der Waals surface area contributed by atoms with Gasteiger partial charge in [-0.2, -0.15) is 0 Å². The molecule has 1 aliphatic rings. The van der Waals surface area contributed by atoms with E-state index in [1.54, 1.807) is 7.11 Å². The molecule has 1 amide bonds. The van der Waals surface area contributed by atoms with Crippen molar-refractivity contribution in [1.82, 2.24) is 10.6 Å². The van der Waals surface area contributed by atoms with Crippen molar-refractivity contribution < 1.29 is 9.53 Å². The van der Waals surface area contributed by atoms with Crippen LogP contribution in [-0.2, 0) is 11.2 Å². The molecular weight excluding hydrogens is 240 g/mol. The van der Waals surface area contributed by atoms with Gasteiger partial charge in [-0.1, -0.05) is 12.1 Å². The lowest BCUT2D eigenvalue weighted by Crippen LogP contribution is -2.52. The Bertz CT molecular complexity index is 417. The van der Waals surface area contributed by atoms with Crippen molar-refractivity contribution >= 4 is 5.91 Å². The molecule has 0 saturated carbocycles. The number of amides is 1. The molecule has 1 aromatic carbocycles. The summed E-state index contributed by atoms with van der Waals surface area (Å²) in [5.41, 5.74) is 1.01. The fraction of sp³-hybridized carbons (Fsp3) is 0.533. The molecule has 104 valence electrons. The van der Waals surface area contributed by atoms with Crippen LogP contribution in [0.5, 0.6) is 5.75 Å². The van der Waals surface area contributed by atoms with E-state index in [9.17, 15) is 4.79 Å². The van der Waals surface area contributed by atoms with Gasteiger partial charge in [0, 0.05) is 12.1 Å². The lowest BCUT2D eigenvalue weighted by molar-refractivity contribution is -0.121. The molecule has 0 aliphatic carbocycles. The molecule has 4 nitrogen and oxygen atoms in total. The Kier molecular flexibility index (Phi) is 4.80. The van der Waals surface area contributed by atoms with Crippen molar-refractivity contribution in [2.75, 3.05) is 13.7 Å². The molecule has 1 aliphatic heterocycles. The Morgan fingerprint density at radius 3 is 2.79 bits per heavy atom. The topological polar surface area (TPSA) is 50.4 Å². The lowest BCUT2D eigenvalue weighted by atomic mass is 9.99. The molecule has 2 atom stereocenters. The van der Waals surface area contributed by atoms with E-state index in [-0.39, 0.29) is 11.9 Å². The number of carbonyl (C=O) groups excluding carboxylic acids is 1. The van der Waals surface area contributed by atoms with Gasteiger partial charge in [-0.3, -0.25) is 4.79 Å². The summed E-state index contributed by atoms with van der Waals surface area (Å²) >= 11 is 0. The zero-order valence-corrected chi connectivity index (χ0v) is 11.6. The Morgan fingerprint density at radius 2 is 2.16 bits per heavy atom. The summed E-state index contributed by atoms with van der Waals surface area (Å²) in [6.45, 7) is 3.17. The van der Waals surface area contributed by atoms with E-state index in [0.29, 0.717) is 12.5 Å². The number of hydrogen-bond donors (Lipinski definition) is 2. The third-order valence-electron chi connectivity index (χ3n) is 3.63. The van der Waals surface area contributed by atoms with Crippen molar-refractivity contribution in [2.45, 2.75) is 38.3 Å². The van der Waals surface area contributed by atoms with E-state index in [1.165, 1.54) is 0 Å². The first-order valence-corrected chi connectivity index (χ1v) is 6.84. The third-order valence-corrected chi connectivity index (χ3v) is 3.63. The van der Waals surface area contributed by atoms with Crippen molar-refractivity contribution in [3.05, 3.63) is 29.8 Å². The number of piperidine rings is 1. The summed E-state index contributed by atoms with van der Waals surface area (Å²) in [6.07, 6.45) is 2.60. The van der Waals surface area contributed by atoms with Crippen LogP contribution in [0.25, 0.3) is 0 Å². The number of carbonyl (C=O) groups is 1. The predicted molar refractivity (Wildman–Crippen MR) is 75.3 cm³/mol. The standard InChI is InChI=1S/C15H22N2O2/c1-11-14(4-3-9-16-11)17-15(18)10-12-5-7-13(19-2)8-6-12/h5-8,11,14,16H,3-4,9-10H2,1-2H3,(H,17,18). The van der Waals surface area contributed by atoms with E-state index in [2.05, 4.69) is 17.6 Å². The molecule has 0 spiro atoms. The van der Waals surface area contributed by atoms with Gasteiger partial charge in [-0.25, -0.2) is 0 Å². The maximum atomic E-state index is 12.0. The Hall–Kier alpha value is -1.55. The van der Waals surface area contributed by atoms with Crippen LogP contribution in [-0.4, -0.2) is 31.6 Å². The first-order valence-electron chi connectivity index (χ1n) is 6.84. The Morgan fingerprint density at radius 1 is 1.42 bits per heavy atom. The predicted octanol–water partition coefficient (Wildman–Crippen LogP) is 1.49. The normalized spacial score (nSPS) is 22.8. The van der Waals surface area contributed by atoms with Crippen molar-refractivity contribution in [2.24, 2.45) is 0 Å². The van der Waals surface area contributed by atoms with Crippen LogP contribution in [0.3, 0.4) is 0 Å². The first-order chi connectivity index (χ1) is 9.19. The summed E-state index contributed by atoms with van der Waals surface area (Å²) in [7, 11) is 1.64. The van der Waals surface area contributed by atoms with Crippen LogP contribution in [0.4, 0.5) is 0 Å². The summed E-state index contributed by atoms with van der Waals surface area (Å²) in [5.74, 6) is 0.903. The maximum Gasteiger partial charge on any atom is 0.224 e. The largest absolute Gasteiger partial charge is 0.497 e. The number of methoxy groups -OCH3 is 1. The molecule has 2 rings (SSSR count). The first kappa shape index (κ1) is 13.9. The Labute approximate surface area is 114 Å². The molecule has 1 fully saturated rings. The summed E-state index contributed by atoms with van der Waals surface area (Å²) in [5, 5.41) is 6.50. The minimum atomic E-state index is 0.0886. The molecule has 1 saturated heterocycles. The highest BCUT2D eigenvalue weighted by Gasteiger charge is 2.22. The summed E-state index contributed by atoms with van der Waals surface area (Å²) < 4.78 is 5.10. The molecule has 2 N–H and O–H groups in total. The van der Waals surface area contributed by atoms with Crippen LogP contribution < -0.4 is 15.4 Å². The van der Waals surface area contributed by atoms with Crippen LogP contribution in [0.1, 0.15) is 25.3 Å². The second kappa shape index (κ2) is 6.57. The summed E-state index contributed by atoms with van der Waals surface area (Å²) in [6, 6.07) is 8.23. The van der Waals surface area contributed by atoms with Gasteiger partial charge in [0.2, 0.25) is 5.91 Å². The minimum Gasteiger partial charge on any atom is -0.497 e. The molecule has 0 aromatic heterocycles. The van der Waals surface area contributed by atoms with Gasteiger partial charge in [0.1, 0.15) is 5.75 Å². The van der Waals surface area contributed by atoms with Gasteiger partial charge >= 0.3 is 0 Å². The van der Waals surface area contributed by atoms with Gasteiger partial charge < -0.3 is 15.4 Å². The van der Waals surface area contributed by atoms with Crippen LogP contribution in [0, 0.1) is 0 Å². The molecular formula is C15H22N2O2. The zero-order valence-electron chi connectivity index (χ0n) is 11.6. The highest BCUT2D eigenvalue weighted by Crippen LogP contribution is 2.12. The van der Waals surface area contributed by atoms with Crippen molar-refractivity contribution in [3.8, 4) is 5.75 Å². The quantitative estimate of drug-likeness (QED) is 0.864. The number of ether oxygens (including phenoxy) is 1. The van der Waals surface area contributed by atoms with Crippen LogP contribution in [0.15, 0.2) is 24.3 Å². The molecule has 1 aromatic rings. The van der Waals surface area contributed by atoms with E-state index < -0.39 is 0 Å². The van der Waals surface area contributed by atoms with Gasteiger partial charge in [0.05, 0.1) is 13.5 Å². The molecule has 19 heavy (non-hydrogen) atoms. The second-order valence-corrected chi connectivity index (χ2v) is 5.08. The molecule has 4 heteroatoms.